The van der Waals surface area contributed by atoms with Crippen LogP contribution in [0.1, 0.15) is 0 Å². The Morgan fingerprint density at radius 1 is 0.913 bits per heavy atom. The number of anilines is 2. The molecule has 3 nitrogen and oxygen atoms in total. The third kappa shape index (κ3) is 2.99. The van der Waals surface area contributed by atoms with Crippen LogP contribution in [-0.2, 0) is 0 Å². The van der Waals surface area contributed by atoms with Crippen molar-refractivity contribution in [1.29, 1.82) is 0 Å². The van der Waals surface area contributed by atoms with Crippen molar-refractivity contribution in [3.05, 3.63) is 52.5 Å². The molecule has 0 radical (unpaired) electrons. The van der Waals surface area contributed by atoms with Crippen LogP contribution in [-0.4, -0.2) is 31.2 Å². The highest BCUT2D eigenvalue weighted by atomic mass is 35.5. The normalized spacial score (nSPS) is 15.4. The first-order valence-electron chi connectivity index (χ1n) is 7.51. The van der Waals surface area contributed by atoms with E-state index in [4.69, 9.17) is 28.2 Å². The van der Waals surface area contributed by atoms with Crippen LogP contribution in [0.4, 0.5) is 10.8 Å². The van der Waals surface area contributed by atoms with Crippen LogP contribution in [0.25, 0.3) is 10.2 Å². The van der Waals surface area contributed by atoms with Crippen molar-refractivity contribution in [1.82, 2.24) is 4.98 Å². The Morgan fingerprint density at radius 2 is 1.61 bits per heavy atom. The number of hydrogen-bond acceptors (Lipinski definition) is 4. The van der Waals surface area contributed by atoms with E-state index in [0.29, 0.717) is 10.0 Å². The average Bonchev–Trinajstić information content (AvgIpc) is 3.00. The summed E-state index contributed by atoms with van der Waals surface area (Å²) in [6.45, 7) is 3.91. The van der Waals surface area contributed by atoms with Crippen molar-refractivity contribution < 1.29 is 0 Å². The Balaban J connectivity index is 1.53. The van der Waals surface area contributed by atoms with Crippen molar-refractivity contribution in [2.24, 2.45) is 0 Å². The molecule has 0 atom stereocenters. The van der Waals surface area contributed by atoms with Gasteiger partial charge < -0.3 is 9.80 Å². The fraction of sp³-hybridized carbons (Fsp3) is 0.235. The summed E-state index contributed by atoms with van der Waals surface area (Å²) in [5, 5.41) is 2.31. The molecule has 0 amide bonds. The van der Waals surface area contributed by atoms with E-state index in [9.17, 15) is 0 Å². The van der Waals surface area contributed by atoms with E-state index >= 15 is 0 Å². The maximum atomic E-state index is 6.25. The topological polar surface area (TPSA) is 19.4 Å². The predicted molar refractivity (Wildman–Crippen MR) is 101 cm³/mol. The van der Waals surface area contributed by atoms with Crippen molar-refractivity contribution in [2.75, 3.05) is 36.0 Å². The molecule has 0 N–H and O–H groups in total. The Kier molecular flexibility index (Phi) is 4.05. The smallest absolute Gasteiger partial charge is 0.186 e. The third-order valence-electron chi connectivity index (χ3n) is 4.07. The number of hydrogen-bond donors (Lipinski definition) is 0. The van der Waals surface area contributed by atoms with E-state index in [-0.39, 0.29) is 0 Å². The highest BCUT2D eigenvalue weighted by Gasteiger charge is 2.20. The van der Waals surface area contributed by atoms with Crippen molar-refractivity contribution >= 4 is 55.6 Å². The van der Waals surface area contributed by atoms with Crippen LogP contribution in [0.5, 0.6) is 0 Å². The molecule has 1 aliphatic rings. The number of nitrogens with zero attached hydrogens (tertiary/aromatic N) is 3. The summed E-state index contributed by atoms with van der Waals surface area (Å²) in [6.07, 6.45) is 0. The van der Waals surface area contributed by atoms with E-state index in [1.807, 2.05) is 6.07 Å². The number of piperazine rings is 1. The predicted octanol–water partition coefficient (Wildman–Crippen LogP) is 4.93. The lowest BCUT2D eigenvalue weighted by Gasteiger charge is -2.35. The molecule has 1 aromatic heterocycles. The highest BCUT2D eigenvalue weighted by Crippen LogP contribution is 2.35. The minimum absolute atomic E-state index is 0.623. The maximum Gasteiger partial charge on any atom is 0.186 e. The van der Waals surface area contributed by atoms with Gasteiger partial charge in [-0.15, -0.1) is 0 Å². The minimum atomic E-state index is 0.623. The zero-order valence-corrected chi connectivity index (χ0v) is 14.7. The molecule has 0 bridgehead atoms. The van der Waals surface area contributed by atoms with E-state index in [1.54, 1.807) is 17.4 Å². The van der Waals surface area contributed by atoms with Gasteiger partial charge in [-0.1, -0.05) is 52.7 Å². The largest absolute Gasteiger partial charge is 0.368 e. The van der Waals surface area contributed by atoms with Gasteiger partial charge in [-0.25, -0.2) is 4.98 Å². The van der Waals surface area contributed by atoms with E-state index < -0.39 is 0 Å². The SMILES string of the molecule is Clc1cc(Cl)c2nc(N3CCN(c4ccccc4)CC3)sc2c1. The summed E-state index contributed by atoms with van der Waals surface area (Å²) in [4.78, 5) is 9.45. The molecule has 4 rings (SSSR count). The van der Waals surface area contributed by atoms with Gasteiger partial charge in [-0.2, -0.15) is 0 Å². The van der Waals surface area contributed by atoms with E-state index in [1.165, 1.54) is 5.69 Å². The van der Waals surface area contributed by atoms with Crippen molar-refractivity contribution in [3.63, 3.8) is 0 Å². The van der Waals surface area contributed by atoms with Crippen molar-refractivity contribution in [3.8, 4) is 0 Å². The first-order chi connectivity index (χ1) is 11.2. The molecular formula is C17H15Cl2N3S. The molecule has 6 heteroatoms. The average molecular weight is 364 g/mol. The van der Waals surface area contributed by atoms with Gasteiger partial charge >= 0.3 is 0 Å². The van der Waals surface area contributed by atoms with Crippen LogP contribution in [0.3, 0.4) is 0 Å². The zero-order valence-electron chi connectivity index (χ0n) is 12.4. The number of rotatable bonds is 2. The van der Waals surface area contributed by atoms with Gasteiger partial charge in [0.2, 0.25) is 0 Å². The summed E-state index contributed by atoms with van der Waals surface area (Å²) in [5.74, 6) is 0. The Bertz CT molecular complexity index is 826. The summed E-state index contributed by atoms with van der Waals surface area (Å²) in [5.41, 5.74) is 2.13. The Labute approximate surface area is 149 Å². The van der Waals surface area contributed by atoms with Crippen LogP contribution in [0.2, 0.25) is 10.0 Å². The molecule has 23 heavy (non-hydrogen) atoms. The van der Waals surface area contributed by atoms with Gasteiger partial charge in [-0.3, -0.25) is 0 Å². The fourth-order valence-corrected chi connectivity index (χ4v) is 4.62. The number of benzene rings is 2. The summed E-state index contributed by atoms with van der Waals surface area (Å²) in [7, 11) is 0. The second-order valence-electron chi connectivity index (χ2n) is 5.54. The van der Waals surface area contributed by atoms with Gasteiger partial charge in [0.05, 0.1) is 9.72 Å². The molecule has 0 saturated carbocycles. The van der Waals surface area contributed by atoms with E-state index in [2.05, 4.69) is 40.1 Å². The lowest BCUT2D eigenvalue weighted by atomic mass is 10.2. The number of aromatic nitrogens is 1. The van der Waals surface area contributed by atoms with Crippen LogP contribution in [0.15, 0.2) is 42.5 Å². The molecule has 3 aromatic rings. The van der Waals surface area contributed by atoms with Gasteiger partial charge in [-0.05, 0) is 24.3 Å². The van der Waals surface area contributed by atoms with E-state index in [0.717, 1.165) is 41.5 Å². The molecule has 1 fully saturated rings. The molecule has 1 aliphatic heterocycles. The van der Waals surface area contributed by atoms with Crippen LogP contribution < -0.4 is 9.80 Å². The molecule has 1 saturated heterocycles. The lowest BCUT2D eigenvalue weighted by molar-refractivity contribution is 0.652. The summed E-state index contributed by atoms with van der Waals surface area (Å²) >= 11 is 14.0. The standard InChI is InChI=1S/C17H15Cl2N3S/c18-12-10-14(19)16-15(11-12)23-17(20-16)22-8-6-21(7-9-22)13-4-2-1-3-5-13/h1-5,10-11H,6-9H2. The second-order valence-corrected chi connectivity index (χ2v) is 7.39. The van der Waals surface area contributed by atoms with Crippen molar-refractivity contribution in [2.45, 2.75) is 0 Å². The molecule has 0 spiro atoms. The first kappa shape index (κ1) is 15.1. The van der Waals surface area contributed by atoms with Gasteiger partial charge in [0.25, 0.3) is 0 Å². The molecule has 0 aliphatic carbocycles. The van der Waals surface area contributed by atoms with Crippen LogP contribution in [0, 0.1) is 0 Å². The first-order valence-corrected chi connectivity index (χ1v) is 9.08. The number of thiazole rings is 1. The van der Waals surface area contributed by atoms with Gasteiger partial charge in [0.15, 0.2) is 5.13 Å². The van der Waals surface area contributed by atoms with Crippen LogP contribution >= 0.6 is 34.5 Å². The molecular weight excluding hydrogens is 349 g/mol. The maximum absolute atomic E-state index is 6.25. The molecule has 2 heterocycles. The number of para-hydroxylation sites is 1. The molecule has 0 unspecified atom stereocenters. The monoisotopic (exact) mass is 363 g/mol. The Morgan fingerprint density at radius 3 is 2.35 bits per heavy atom. The summed E-state index contributed by atoms with van der Waals surface area (Å²) < 4.78 is 1.04. The minimum Gasteiger partial charge on any atom is -0.368 e. The number of fused-ring (bicyclic) bond motifs is 1. The quantitative estimate of drug-likeness (QED) is 0.643. The summed E-state index contributed by atoms with van der Waals surface area (Å²) in [6, 6.07) is 14.2. The lowest BCUT2D eigenvalue weighted by Crippen LogP contribution is -2.46. The van der Waals surface area contributed by atoms with Gasteiger partial charge in [0, 0.05) is 36.9 Å². The Hall–Kier alpha value is -1.49. The highest BCUT2D eigenvalue weighted by molar-refractivity contribution is 7.22. The molecule has 2 aromatic carbocycles. The second kappa shape index (κ2) is 6.19. The van der Waals surface area contributed by atoms with Gasteiger partial charge in [0.1, 0.15) is 5.52 Å². The third-order valence-corrected chi connectivity index (χ3v) is 5.64. The molecule has 118 valence electrons. The zero-order chi connectivity index (χ0) is 15.8. The fourth-order valence-electron chi connectivity index (χ4n) is 2.88. The number of halogens is 2.